The fourth-order valence-corrected chi connectivity index (χ4v) is 1.63. The standard InChI is InChI=1S/C13H22N2O2/c1-9(2)16-5-6-17-13-7-10(3)15-11(4)12(13)8-14/h7,9H,5-6,8,14H2,1-4H3. The number of ether oxygens (including phenoxy) is 2. The van der Waals surface area contributed by atoms with Gasteiger partial charge in [0.05, 0.1) is 12.7 Å². The first-order valence-electron chi connectivity index (χ1n) is 5.96. The summed E-state index contributed by atoms with van der Waals surface area (Å²) < 4.78 is 11.1. The molecule has 0 fully saturated rings. The smallest absolute Gasteiger partial charge is 0.127 e. The summed E-state index contributed by atoms with van der Waals surface area (Å²) in [4.78, 5) is 4.37. The van der Waals surface area contributed by atoms with Crippen LogP contribution in [-0.4, -0.2) is 24.3 Å². The van der Waals surface area contributed by atoms with E-state index in [9.17, 15) is 0 Å². The molecule has 0 bridgehead atoms. The number of pyridine rings is 1. The van der Waals surface area contributed by atoms with E-state index in [1.165, 1.54) is 0 Å². The van der Waals surface area contributed by atoms with Crippen LogP contribution >= 0.6 is 0 Å². The summed E-state index contributed by atoms with van der Waals surface area (Å²) in [6.07, 6.45) is 0.230. The average molecular weight is 238 g/mol. The highest BCUT2D eigenvalue weighted by molar-refractivity contribution is 5.37. The molecule has 0 amide bonds. The van der Waals surface area contributed by atoms with Crippen LogP contribution in [-0.2, 0) is 11.3 Å². The highest BCUT2D eigenvalue weighted by Crippen LogP contribution is 2.21. The van der Waals surface area contributed by atoms with Crippen molar-refractivity contribution in [3.63, 3.8) is 0 Å². The normalized spacial score (nSPS) is 10.9. The van der Waals surface area contributed by atoms with Crippen LogP contribution in [0.15, 0.2) is 6.07 Å². The molecule has 17 heavy (non-hydrogen) atoms. The van der Waals surface area contributed by atoms with Gasteiger partial charge in [-0.2, -0.15) is 0 Å². The van der Waals surface area contributed by atoms with Crippen molar-refractivity contribution >= 4 is 0 Å². The maximum Gasteiger partial charge on any atom is 0.127 e. The van der Waals surface area contributed by atoms with E-state index in [4.69, 9.17) is 15.2 Å². The minimum absolute atomic E-state index is 0.230. The third-order valence-electron chi connectivity index (χ3n) is 2.41. The lowest BCUT2D eigenvalue weighted by molar-refractivity contribution is 0.0550. The largest absolute Gasteiger partial charge is 0.491 e. The van der Waals surface area contributed by atoms with Gasteiger partial charge < -0.3 is 15.2 Å². The molecule has 0 unspecified atom stereocenters. The Morgan fingerprint density at radius 3 is 2.59 bits per heavy atom. The first-order chi connectivity index (χ1) is 8.04. The molecule has 1 aromatic rings. The third kappa shape index (κ3) is 4.32. The quantitative estimate of drug-likeness (QED) is 0.770. The van der Waals surface area contributed by atoms with Crippen molar-refractivity contribution in [1.29, 1.82) is 0 Å². The second-order valence-electron chi connectivity index (χ2n) is 4.30. The molecule has 0 aliphatic carbocycles. The molecule has 4 nitrogen and oxygen atoms in total. The Morgan fingerprint density at radius 1 is 1.29 bits per heavy atom. The summed E-state index contributed by atoms with van der Waals surface area (Å²) >= 11 is 0. The van der Waals surface area contributed by atoms with E-state index in [0.717, 1.165) is 22.7 Å². The number of aromatic nitrogens is 1. The van der Waals surface area contributed by atoms with Crippen molar-refractivity contribution in [2.75, 3.05) is 13.2 Å². The monoisotopic (exact) mass is 238 g/mol. The van der Waals surface area contributed by atoms with Gasteiger partial charge in [-0.25, -0.2) is 0 Å². The van der Waals surface area contributed by atoms with E-state index in [1.54, 1.807) is 0 Å². The topological polar surface area (TPSA) is 57.4 Å². The van der Waals surface area contributed by atoms with Crippen molar-refractivity contribution < 1.29 is 9.47 Å². The van der Waals surface area contributed by atoms with E-state index in [-0.39, 0.29) is 6.10 Å². The first kappa shape index (κ1) is 13.9. The van der Waals surface area contributed by atoms with Crippen LogP contribution in [0.2, 0.25) is 0 Å². The second kappa shape index (κ2) is 6.57. The molecule has 96 valence electrons. The van der Waals surface area contributed by atoms with Crippen LogP contribution in [0.3, 0.4) is 0 Å². The maximum absolute atomic E-state index is 5.70. The van der Waals surface area contributed by atoms with Crippen LogP contribution < -0.4 is 10.5 Å². The summed E-state index contributed by atoms with van der Waals surface area (Å²) in [5.41, 5.74) is 8.56. The molecule has 2 N–H and O–H groups in total. The zero-order valence-electron chi connectivity index (χ0n) is 11.1. The number of hydrogen-bond donors (Lipinski definition) is 1. The molecular weight excluding hydrogens is 216 g/mol. The third-order valence-corrected chi connectivity index (χ3v) is 2.41. The molecule has 0 aliphatic heterocycles. The molecule has 1 rings (SSSR count). The Morgan fingerprint density at radius 2 is 2.00 bits per heavy atom. The maximum atomic E-state index is 5.70. The predicted molar refractivity (Wildman–Crippen MR) is 68.2 cm³/mol. The fourth-order valence-electron chi connectivity index (χ4n) is 1.63. The van der Waals surface area contributed by atoms with E-state index >= 15 is 0 Å². The van der Waals surface area contributed by atoms with E-state index in [1.807, 2.05) is 33.8 Å². The van der Waals surface area contributed by atoms with Crippen molar-refractivity contribution in [3.05, 3.63) is 23.0 Å². The molecule has 0 aromatic carbocycles. The van der Waals surface area contributed by atoms with Crippen molar-refractivity contribution in [2.24, 2.45) is 5.73 Å². The van der Waals surface area contributed by atoms with Crippen molar-refractivity contribution in [3.8, 4) is 5.75 Å². The van der Waals surface area contributed by atoms with Crippen LogP contribution in [0.1, 0.15) is 30.8 Å². The molecule has 0 atom stereocenters. The van der Waals surface area contributed by atoms with Gasteiger partial charge in [-0.1, -0.05) is 0 Å². The predicted octanol–water partition coefficient (Wildman–Crippen LogP) is 1.96. The van der Waals surface area contributed by atoms with Crippen molar-refractivity contribution in [1.82, 2.24) is 4.98 Å². The van der Waals surface area contributed by atoms with E-state index < -0.39 is 0 Å². The number of nitrogens with zero attached hydrogens (tertiary/aromatic N) is 1. The van der Waals surface area contributed by atoms with Crippen LogP contribution in [0, 0.1) is 13.8 Å². The van der Waals surface area contributed by atoms with Gasteiger partial charge in [0.2, 0.25) is 0 Å². The SMILES string of the molecule is Cc1cc(OCCOC(C)C)c(CN)c(C)n1. The lowest BCUT2D eigenvalue weighted by Gasteiger charge is -2.14. The summed E-state index contributed by atoms with van der Waals surface area (Å²) in [6, 6.07) is 1.92. The zero-order valence-corrected chi connectivity index (χ0v) is 11.1. The highest BCUT2D eigenvalue weighted by Gasteiger charge is 2.08. The molecule has 4 heteroatoms. The molecule has 0 saturated heterocycles. The second-order valence-corrected chi connectivity index (χ2v) is 4.30. The van der Waals surface area contributed by atoms with Crippen LogP contribution in [0.25, 0.3) is 0 Å². The van der Waals surface area contributed by atoms with Gasteiger partial charge in [0.1, 0.15) is 12.4 Å². The summed E-state index contributed by atoms with van der Waals surface area (Å²) in [5, 5.41) is 0. The van der Waals surface area contributed by atoms with Gasteiger partial charge in [0.15, 0.2) is 0 Å². The molecule has 1 heterocycles. The lowest BCUT2D eigenvalue weighted by Crippen LogP contribution is -2.13. The number of aryl methyl sites for hydroxylation is 2. The van der Waals surface area contributed by atoms with E-state index in [0.29, 0.717) is 19.8 Å². The molecule has 0 aliphatic rings. The van der Waals surface area contributed by atoms with Gasteiger partial charge in [-0.05, 0) is 27.7 Å². The molecule has 1 aromatic heterocycles. The zero-order chi connectivity index (χ0) is 12.8. The van der Waals surface area contributed by atoms with Gasteiger partial charge in [0.25, 0.3) is 0 Å². The fraction of sp³-hybridized carbons (Fsp3) is 0.615. The van der Waals surface area contributed by atoms with Crippen molar-refractivity contribution in [2.45, 2.75) is 40.3 Å². The van der Waals surface area contributed by atoms with Gasteiger partial charge >= 0.3 is 0 Å². The molecule has 0 saturated carbocycles. The molecule has 0 radical (unpaired) electrons. The Labute approximate surface area is 103 Å². The number of hydrogen-bond acceptors (Lipinski definition) is 4. The summed E-state index contributed by atoms with van der Waals surface area (Å²) in [7, 11) is 0. The first-order valence-corrected chi connectivity index (χ1v) is 5.96. The molecule has 0 spiro atoms. The van der Waals surface area contributed by atoms with Crippen LogP contribution in [0.4, 0.5) is 0 Å². The Hall–Kier alpha value is -1.13. The highest BCUT2D eigenvalue weighted by atomic mass is 16.5. The average Bonchev–Trinajstić information content (AvgIpc) is 2.23. The van der Waals surface area contributed by atoms with Gasteiger partial charge in [-0.3, -0.25) is 4.98 Å². The molecular formula is C13H22N2O2. The Bertz CT molecular complexity index is 365. The summed E-state index contributed by atoms with van der Waals surface area (Å²) in [5.74, 6) is 0.824. The summed E-state index contributed by atoms with van der Waals surface area (Å²) in [6.45, 7) is 9.48. The number of nitrogens with two attached hydrogens (primary N) is 1. The van der Waals surface area contributed by atoms with Crippen LogP contribution in [0.5, 0.6) is 5.75 Å². The van der Waals surface area contributed by atoms with Gasteiger partial charge in [-0.15, -0.1) is 0 Å². The Kier molecular flexibility index (Phi) is 5.38. The minimum atomic E-state index is 0.230. The van der Waals surface area contributed by atoms with E-state index in [2.05, 4.69) is 4.98 Å². The Balaban J connectivity index is 2.63. The minimum Gasteiger partial charge on any atom is -0.491 e. The van der Waals surface area contributed by atoms with Gasteiger partial charge in [0, 0.05) is 29.6 Å². The number of rotatable bonds is 6. The lowest BCUT2D eigenvalue weighted by atomic mass is 10.1.